The topological polar surface area (TPSA) is 75.4 Å². The van der Waals surface area contributed by atoms with Crippen molar-refractivity contribution in [2.45, 2.75) is 46.0 Å². The molecule has 1 aliphatic rings. The van der Waals surface area contributed by atoms with Crippen LogP contribution in [-0.2, 0) is 9.59 Å². The summed E-state index contributed by atoms with van der Waals surface area (Å²) in [6, 6.07) is 0. The third kappa shape index (κ3) is 4.78. The van der Waals surface area contributed by atoms with Crippen molar-refractivity contribution in [1.29, 1.82) is 0 Å². The Bertz CT molecular complexity index is 320. The van der Waals surface area contributed by atoms with Crippen molar-refractivity contribution >= 4 is 11.8 Å². The van der Waals surface area contributed by atoms with E-state index >= 15 is 0 Å². The first-order chi connectivity index (χ1) is 9.63. The molecule has 1 fully saturated rings. The van der Waals surface area contributed by atoms with E-state index in [1.165, 1.54) is 0 Å². The van der Waals surface area contributed by atoms with Crippen molar-refractivity contribution in [3.05, 3.63) is 0 Å². The molecule has 0 heterocycles. The Morgan fingerprint density at radius 2 is 2.00 bits per heavy atom. The Balaban J connectivity index is 2.59. The SMILES string of the molecule is CCCNC(=O)CN(CCC)C(=O)C1CCCC1CN. The standard InChI is InChI=1S/C15H29N3O2/c1-3-8-17-14(19)11-18(9-4-2)15(20)13-7-5-6-12(13)10-16/h12-13H,3-11,16H2,1-2H3,(H,17,19). The normalized spacial score (nSPS) is 21.8. The summed E-state index contributed by atoms with van der Waals surface area (Å²) >= 11 is 0. The third-order valence-electron chi connectivity index (χ3n) is 3.99. The van der Waals surface area contributed by atoms with Crippen LogP contribution in [0.3, 0.4) is 0 Å². The van der Waals surface area contributed by atoms with Gasteiger partial charge in [-0.15, -0.1) is 0 Å². The second kappa shape index (κ2) is 8.95. The third-order valence-corrected chi connectivity index (χ3v) is 3.99. The molecule has 0 aliphatic heterocycles. The van der Waals surface area contributed by atoms with Crippen LogP contribution in [0.15, 0.2) is 0 Å². The number of nitrogens with one attached hydrogen (secondary N) is 1. The van der Waals surface area contributed by atoms with Gasteiger partial charge in [0.25, 0.3) is 0 Å². The number of carbonyl (C=O) groups excluding carboxylic acids is 2. The monoisotopic (exact) mass is 283 g/mol. The van der Waals surface area contributed by atoms with Gasteiger partial charge in [-0.1, -0.05) is 20.3 Å². The Kier molecular flexibility index (Phi) is 7.59. The lowest BCUT2D eigenvalue weighted by atomic mass is 9.94. The molecule has 1 rings (SSSR count). The summed E-state index contributed by atoms with van der Waals surface area (Å²) in [4.78, 5) is 26.1. The Morgan fingerprint density at radius 1 is 1.25 bits per heavy atom. The Labute approximate surface area is 122 Å². The van der Waals surface area contributed by atoms with E-state index in [1.807, 2.05) is 13.8 Å². The van der Waals surface area contributed by atoms with E-state index < -0.39 is 0 Å². The van der Waals surface area contributed by atoms with Crippen LogP contribution in [0, 0.1) is 11.8 Å². The number of hydrogen-bond acceptors (Lipinski definition) is 3. The van der Waals surface area contributed by atoms with E-state index in [-0.39, 0.29) is 24.3 Å². The van der Waals surface area contributed by atoms with Gasteiger partial charge in [-0.25, -0.2) is 0 Å². The van der Waals surface area contributed by atoms with Gasteiger partial charge in [-0.3, -0.25) is 9.59 Å². The van der Waals surface area contributed by atoms with Gasteiger partial charge in [0.15, 0.2) is 0 Å². The molecule has 0 spiro atoms. The van der Waals surface area contributed by atoms with Gasteiger partial charge in [-0.05, 0) is 38.1 Å². The summed E-state index contributed by atoms with van der Waals surface area (Å²) in [7, 11) is 0. The van der Waals surface area contributed by atoms with Gasteiger partial charge in [0.2, 0.25) is 11.8 Å². The summed E-state index contributed by atoms with van der Waals surface area (Å²) < 4.78 is 0. The maximum atomic E-state index is 12.6. The number of hydrogen-bond donors (Lipinski definition) is 2. The van der Waals surface area contributed by atoms with Crippen molar-refractivity contribution in [1.82, 2.24) is 10.2 Å². The maximum Gasteiger partial charge on any atom is 0.239 e. The lowest BCUT2D eigenvalue weighted by Gasteiger charge is -2.27. The quantitative estimate of drug-likeness (QED) is 0.701. The minimum atomic E-state index is -0.0593. The first-order valence-electron chi connectivity index (χ1n) is 7.89. The fourth-order valence-corrected chi connectivity index (χ4v) is 2.91. The second-order valence-electron chi connectivity index (χ2n) is 5.64. The molecule has 2 unspecified atom stereocenters. The van der Waals surface area contributed by atoms with Crippen molar-refractivity contribution in [3.8, 4) is 0 Å². The molecule has 3 N–H and O–H groups in total. The highest BCUT2D eigenvalue weighted by atomic mass is 16.2. The summed E-state index contributed by atoms with van der Waals surface area (Å²) in [6.07, 6.45) is 4.80. The van der Waals surface area contributed by atoms with Gasteiger partial charge in [0.1, 0.15) is 0 Å². The zero-order valence-electron chi connectivity index (χ0n) is 12.9. The predicted octanol–water partition coefficient (Wildman–Crippen LogP) is 1.13. The van der Waals surface area contributed by atoms with Crippen molar-refractivity contribution in [3.63, 3.8) is 0 Å². The molecular weight excluding hydrogens is 254 g/mol. The van der Waals surface area contributed by atoms with Gasteiger partial charge < -0.3 is 16.0 Å². The lowest BCUT2D eigenvalue weighted by molar-refractivity contribution is -0.140. The predicted molar refractivity (Wildman–Crippen MR) is 80.1 cm³/mol. The van der Waals surface area contributed by atoms with Crippen LogP contribution in [0.5, 0.6) is 0 Å². The van der Waals surface area contributed by atoms with Gasteiger partial charge in [0.05, 0.1) is 6.54 Å². The summed E-state index contributed by atoms with van der Waals surface area (Å²) in [5, 5.41) is 2.83. The van der Waals surface area contributed by atoms with Crippen LogP contribution in [0.4, 0.5) is 0 Å². The molecule has 2 amide bonds. The van der Waals surface area contributed by atoms with E-state index in [0.29, 0.717) is 25.6 Å². The fourth-order valence-electron chi connectivity index (χ4n) is 2.91. The molecule has 5 nitrogen and oxygen atoms in total. The molecule has 20 heavy (non-hydrogen) atoms. The van der Waals surface area contributed by atoms with Gasteiger partial charge >= 0.3 is 0 Å². The number of amides is 2. The molecule has 1 saturated carbocycles. The van der Waals surface area contributed by atoms with Crippen LogP contribution in [0.1, 0.15) is 46.0 Å². The lowest BCUT2D eigenvalue weighted by Crippen LogP contribution is -2.45. The second-order valence-corrected chi connectivity index (χ2v) is 5.64. The highest BCUT2D eigenvalue weighted by Crippen LogP contribution is 2.32. The van der Waals surface area contributed by atoms with Crippen LogP contribution >= 0.6 is 0 Å². The van der Waals surface area contributed by atoms with E-state index in [9.17, 15) is 9.59 Å². The van der Waals surface area contributed by atoms with Gasteiger partial charge in [-0.2, -0.15) is 0 Å². The molecular formula is C15H29N3O2. The number of nitrogens with two attached hydrogens (primary N) is 1. The summed E-state index contributed by atoms with van der Waals surface area (Å²) in [5.41, 5.74) is 5.75. The van der Waals surface area contributed by atoms with Gasteiger partial charge in [0, 0.05) is 19.0 Å². The maximum absolute atomic E-state index is 12.6. The molecule has 0 radical (unpaired) electrons. The highest BCUT2D eigenvalue weighted by molar-refractivity contribution is 5.86. The minimum absolute atomic E-state index is 0.0190. The largest absolute Gasteiger partial charge is 0.355 e. The average molecular weight is 283 g/mol. The molecule has 0 aromatic heterocycles. The molecule has 0 aromatic rings. The zero-order chi connectivity index (χ0) is 15.0. The summed E-state index contributed by atoms with van der Waals surface area (Å²) in [5.74, 6) is 0.369. The molecule has 0 aromatic carbocycles. The van der Waals surface area contributed by atoms with E-state index in [2.05, 4.69) is 5.32 Å². The Hall–Kier alpha value is -1.10. The molecule has 0 saturated heterocycles. The molecule has 5 heteroatoms. The number of rotatable bonds is 8. The smallest absolute Gasteiger partial charge is 0.239 e. The first kappa shape index (κ1) is 17.0. The van der Waals surface area contributed by atoms with E-state index in [0.717, 1.165) is 32.1 Å². The number of carbonyl (C=O) groups is 2. The fraction of sp³-hybridized carbons (Fsp3) is 0.867. The van der Waals surface area contributed by atoms with Crippen molar-refractivity contribution in [2.24, 2.45) is 17.6 Å². The van der Waals surface area contributed by atoms with E-state index in [4.69, 9.17) is 5.73 Å². The minimum Gasteiger partial charge on any atom is -0.355 e. The molecule has 116 valence electrons. The van der Waals surface area contributed by atoms with Crippen molar-refractivity contribution in [2.75, 3.05) is 26.2 Å². The molecule has 0 bridgehead atoms. The average Bonchev–Trinajstić information content (AvgIpc) is 2.92. The Morgan fingerprint density at radius 3 is 2.60 bits per heavy atom. The van der Waals surface area contributed by atoms with Crippen LogP contribution in [-0.4, -0.2) is 42.9 Å². The zero-order valence-corrected chi connectivity index (χ0v) is 12.9. The van der Waals surface area contributed by atoms with E-state index in [1.54, 1.807) is 4.90 Å². The highest BCUT2D eigenvalue weighted by Gasteiger charge is 2.34. The van der Waals surface area contributed by atoms with Crippen LogP contribution in [0.25, 0.3) is 0 Å². The molecule has 2 atom stereocenters. The first-order valence-corrected chi connectivity index (χ1v) is 7.89. The van der Waals surface area contributed by atoms with Crippen LogP contribution in [0.2, 0.25) is 0 Å². The number of nitrogens with zero attached hydrogens (tertiary/aromatic N) is 1. The molecule has 1 aliphatic carbocycles. The van der Waals surface area contributed by atoms with Crippen LogP contribution < -0.4 is 11.1 Å². The summed E-state index contributed by atoms with van der Waals surface area (Å²) in [6.45, 7) is 6.10. The van der Waals surface area contributed by atoms with Crippen molar-refractivity contribution < 1.29 is 9.59 Å².